The number of halogens is 1. The van der Waals surface area contributed by atoms with Gasteiger partial charge in [-0.3, -0.25) is 0 Å². The smallest absolute Gasteiger partial charge is 0.0893 e. The van der Waals surface area contributed by atoms with Gasteiger partial charge < -0.3 is 0 Å². The molecule has 0 bridgehead atoms. The quantitative estimate of drug-likeness (QED) is 0.626. The first kappa shape index (κ1) is 8.98. The Bertz CT molecular complexity index is 297. The number of hydrogen-bond donors (Lipinski definition) is 0. The van der Waals surface area contributed by atoms with Crippen molar-refractivity contribution in [3.8, 4) is 0 Å². The first-order valence-electron chi connectivity index (χ1n) is 3.57. The average molecular weight is 181 g/mol. The highest BCUT2D eigenvalue weighted by atomic mass is 35.5. The summed E-state index contributed by atoms with van der Waals surface area (Å²) in [4.78, 5) is 7.56. The molecule has 0 unspecified atom stereocenters. The molecule has 0 aliphatic heterocycles. The molecular weight excluding hydrogens is 172 g/mol. The zero-order chi connectivity index (χ0) is 8.81. The van der Waals surface area contributed by atoms with Crippen molar-refractivity contribution in [1.29, 1.82) is 0 Å². The van der Waals surface area contributed by atoms with Crippen LogP contribution in [-0.4, -0.2) is 13.1 Å². The largest absolute Gasteiger partial charge is 0.229 e. The molecule has 0 aliphatic carbocycles. The Hall–Kier alpha value is -1.11. The molecule has 0 aromatic heterocycles. The van der Waals surface area contributed by atoms with Crippen molar-refractivity contribution in [2.45, 2.75) is 6.54 Å². The first-order valence-corrected chi connectivity index (χ1v) is 3.95. The Kier molecular flexibility index (Phi) is 3.52. The van der Waals surface area contributed by atoms with Crippen LogP contribution in [0.25, 0.3) is 0 Å². The minimum absolute atomic E-state index is 0.606. The van der Waals surface area contributed by atoms with E-state index in [1.165, 1.54) is 0 Å². The van der Waals surface area contributed by atoms with Gasteiger partial charge in [-0.25, -0.2) is 9.98 Å². The highest BCUT2D eigenvalue weighted by Gasteiger charge is 1.89. The van der Waals surface area contributed by atoms with Gasteiger partial charge in [-0.2, -0.15) is 0 Å². The Morgan fingerprint density at radius 2 is 2.00 bits per heavy atom. The van der Waals surface area contributed by atoms with Crippen LogP contribution in [0, 0.1) is 0 Å². The molecule has 1 rings (SSSR count). The van der Waals surface area contributed by atoms with Crippen LogP contribution in [0.2, 0.25) is 5.02 Å². The Balaban J connectivity index is 2.65. The van der Waals surface area contributed by atoms with Gasteiger partial charge in [0.1, 0.15) is 0 Å². The van der Waals surface area contributed by atoms with E-state index in [0.29, 0.717) is 6.54 Å². The fourth-order valence-electron chi connectivity index (χ4n) is 0.787. The van der Waals surface area contributed by atoms with Crippen LogP contribution in [0.4, 0.5) is 0 Å². The highest BCUT2D eigenvalue weighted by molar-refractivity contribution is 6.30. The molecule has 62 valence electrons. The van der Waals surface area contributed by atoms with Crippen LogP contribution >= 0.6 is 11.6 Å². The van der Waals surface area contributed by atoms with Gasteiger partial charge in [0.15, 0.2) is 0 Å². The second-order valence-electron chi connectivity index (χ2n) is 2.27. The van der Waals surface area contributed by atoms with Gasteiger partial charge in [0.25, 0.3) is 0 Å². The molecular formula is C9H9ClN2. The molecule has 0 atom stereocenters. The van der Waals surface area contributed by atoms with Crippen LogP contribution in [0.3, 0.4) is 0 Å². The van der Waals surface area contributed by atoms with E-state index in [1.807, 2.05) is 24.3 Å². The van der Waals surface area contributed by atoms with Gasteiger partial charge in [-0.1, -0.05) is 23.7 Å². The summed E-state index contributed by atoms with van der Waals surface area (Å²) in [6, 6.07) is 10.1. The highest BCUT2D eigenvalue weighted by Crippen LogP contribution is 2.09. The van der Waals surface area contributed by atoms with Crippen LogP contribution in [0.15, 0.2) is 34.3 Å². The average Bonchev–Trinajstić information content (AvgIpc) is 2.09. The fraction of sp³-hybridized carbons (Fsp3) is 0.222. The summed E-state index contributed by atoms with van der Waals surface area (Å²) in [5.74, 6) is 0. The maximum Gasteiger partial charge on any atom is 0.0893 e. The van der Waals surface area contributed by atoms with Gasteiger partial charge in [0.05, 0.1) is 12.6 Å². The third-order valence-electron chi connectivity index (χ3n) is 1.35. The van der Waals surface area contributed by atoms with Gasteiger partial charge in [-0.15, -0.1) is 0 Å². The van der Waals surface area contributed by atoms with Gasteiger partial charge in [-0.05, 0) is 17.7 Å². The van der Waals surface area contributed by atoms with Gasteiger partial charge in [0, 0.05) is 12.1 Å². The zero-order valence-corrected chi connectivity index (χ0v) is 7.54. The van der Waals surface area contributed by atoms with Crippen molar-refractivity contribution in [2.24, 2.45) is 9.98 Å². The number of rotatable bonds is 2. The predicted molar refractivity (Wildman–Crippen MR) is 50.9 cm³/mol. The molecule has 0 aliphatic rings. The van der Waals surface area contributed by atoms with Crippen molar-refractivity contribution < 1.29 is 0 Å². The molecule has 0 radical (unpaired) electrons. The van der Waals surface area contributed by atoms with Crippen LogP contribution in [0.1, 0.15) is 5.56 Å². The summed E-state index contributed by atoms with van der Waals surface area (Å²) in [5, 5.41) is 0.742. The molecule has 12 heavy (non-hydrogen) atoms. The molecule has 2 nitrogen and oxygen atoms in total. The minimum Gasteiger partial charge on any atom is -0.229 e. The second kappa shape index (κ2) is 4.70. The molecule has 0 heterocycles. The Morgan fingerprint density at radius 1 is 1.33 bits per heavy atom. The number of aliphatic imine (C=N–C) groups is 2. The molecule has 0 N–H and O–H groups in total. The fourth-order valence-corrected chi connectivity index (χ4v) is 0.913. The topological polar surface area (TPSA) is 24.7 Å². The van der Waals surface area contributed by atoms with Gasteiger partial charge >= 0.3 is 0 Å². The number of benzene rings is 1. The zero-order valence-electron chi connectivity index (χ0n) is 6.79. The number of nitrogens with zero attached hydrogens (tertiary/aromatic N) is 2. The summed E-state index contributed by atoms with van der Waals surface area (Å²) in [6.07, 6.45) is 0. The Labute approximate surface area is 76.6 Å². The van der Waals surface area contributed by atoms with Crippen molar-refractivity contribution in [1.82, 2.24) is 0 Å². The summed E-state index contributed by atoms with van der Waals surface area (Å²) in [7, 11) is 1.64. The van der Waals surface area contributed by atoms with E-state index in [-0.39, 0.29) is 0 Å². The normalized spacial score (nSPS) is 8.83. The lowest BCUT2D eigenvalue weighted by atomic mass is 10.2. The molecule has 1 aromatic carbocycles. The monoisotopic (exact) mass is 180 g/mol. The van der Waals surface area contributed by atoms with E-state index >= 15 is 0 Å². The molecule has 0 fully saturated rings. The van der Waals surface area contributed by atoms with Crippen LogP contribution < -0.4 is 0 Å². The van der Waals surface area contributed by atoms with E-state index in [9.17, 15) is 0 Å². The van der Waals surface area contributed by atoms with E-state index in [1.54, 1.807) is 7.05 Å². The molecule has 0 amide bonds. The van der Waals surface area contributed by atoms with E-state index in [2.05, 4.69) is 16.0 Å². The lowest BCUT2D eigenvalue weighted by molar-refractivity contribution is 1.08. The molecule has 0 saturated heterocycles. The second-order valence-corrected chi connectivity index (χ2v) is 2.70. The molecule has 0 saturated carbocycles. The third kappa shape index (κ3) is 2.87. The third-order valence-corrected chi connectivity index (χ3v) is 1.60. The molecule has 3 heteroatoms. The SMILES string of the molecule is CN=C=NCc1ccc(Cl)cc1. The standard InChI is InChI=1S/C9H9ClN2/c1-11-7-12-6-8-2-4-9(10)5-3-8/h2-5H,6H2,1H3. The maximum atomic E-state index is 5.71. The minimum atomic E-state index is 0.606. The maximum absolute atomic E-state index is 5.71. The summed E-state index contributed by atoms with van der Waals surface area (Å²) >= 11 is 5.71. The van der Waals surface area contributed by atoms with Gasteiger partial charge in [0.2, 0.25) is 0 Å². The summed E-state index contributed by atoms with van der Waals surface area (Å²) in [5.41, 5.74) is 1.11. The van der Waals surface area contributed by atoms with E-state index < -0.39 is 0 Å². The van der Waals surface area contributed by atoms with Crippen LogP contribution in [-0.2, 0) is 6.54 Å². The van der Waals surface area contributed by atoms with Crippen molar-refractivity contribution in [3.05, 3.63) is 34.9 Å². The lowest BCUT2D eigenvalue weighted by Gasteiger charge is -1.93. The summed E-state index contributed by atoms with van der Waals surface area (Å²) in [6.45, 7) is 0.606. The van der Waals surface area contributed by atoms with Crippen molar-refractivity contribution in [3.63, 3.8) is 0 Å². The van der Waals surface area contributed by atoms with E-state index in [0.717, 1.165) is 10.6 Å². The van der Waals surface area contributed by atoms with Crippen LogP contribution in [0.5, 0.6) is 0 Å². The first-order chi connectivity index (χ1) is 5.83. The Morgan fingerprint density at radius 3 is 2.58 bits per heavy atom. The van der Waals surface area contributed by atoms with Crippen molar-refractivity contribution in [2.75, 3.05) is 7.05 Å². The van der Waals surface area contributed by atoms with Crippen molar-refractivity contribution >= 4 is 17.6 Å². The predicted octanol–water partition coefficient (Wildman–Crippen LogP) is 2.64. The molecule has 0 spiro atoms. The number of hydrogen-bond acceptors (Lipinski definition) is 2. The van der Waals surface area contributed by atoms with E-state index in [4.69, 9.17) is 11.6 Å². The lowest BCUT2D eigenvalue weighted by Crippen LogP contribution is -1.78. The molecule has 1 aromatic rings. The summed E-state index contributed by atoms with van der Waals surface area (Å²) < 4.78 is 0.